The van der Waals surface area contributed by atoms with Crippen molar-refractivity contribution in [1.82, 2.24) is 5.43 Å². The highest BCUT2D eigenvalue weighted by molar-refractivity contribution is 6.48. The Morgan fingerprint density at radius 2 is 1.65 bits per heavy atom. The molecule has 1 N–H and O–H groups in total. The molecule has 0 bridgehead atoms. The second-order valence-corrected chi connectivity index (χ2v) is 10.6. The van der Waals surface area contributed by atoms with Gasteiger partial charge in [-0.3, -0.25) is 10.2 Å². The molecule has 0 saturated carbocycles. The molecule has 0 spiro atoms. The molecule has 1 heterocycles. The average molecular weight is 601 g/mol. The van der Waals surface area contributed by atoms with Gasteiger partial charge in [0, 0.05) is 24.5 Å². The third-order valence-electron chi connectivity index (χ3n) is 5.00. The zero-order chi connectivity index (χ0) is 27.9. The van der Waals surface area contributed by atoms with E-state index in [9.17, 15) is 22.8 Å². The summed E-state index contributed by atoms with van der Waals surface area (Å²) in [6, 6.07) is 6.02. The monoisotopic (exact) mass is 599 g/mol. The largest absolute Gasteiger partial charge is 0.442 e. The Bertz CT molecular complexity index is 1260. The van der Waals surface area contributed by atoms with Crippen LogP contribution in [0, 0.1) is 0 Å². The molecule has 0 saturated heterocycles. The summed E-state index contributed by atoms with van der Waals surface area (Å²) in [5.74, 6) is -0.624. The Hall–Kier alpha value is -2.40. The number of alkyl halides is 3. The topological polar surface area (TPSA) is 80.2 Å². The predicted molar refractivity (Wildman–Crippen MR) is 135 cm³/mol. The second kappa shape index (κ2) is 10.4. The van der Waals surface area contributed by atoms with Gasteiger partial charge in [-0.05, 0) is 45.0 Å². The highest BCUT2D eigenvalue weighted by Gasteiger charge is 2.62. The third-order valence-corrected chi connectivity index (χ3v) is 6.52. The Morgan fingerprint density at radius 1 is 1.05 bits per heavy atom. The molecule has 0 aromatic heterocycles. The van der Waals surface area contributed by atoms with Crippen molar-refractivity contribution in [2.45, 2.75) is 51.5 Å². The number of oxime groups is 1. The third kappa shape index (κ3) is 6.19. The first-order valence-electron chi connectivity index (χ1n) is 10.5. The summed E-state index contributed by atoms with van der Waals surface area (Å²) in [6.07, 6.45) is -6.67. The number of amides is 2. The first-order chi connectivity index (χ1) is 16.9. The van der Waals surface area contributed by atoms with E-state index in [0.717, 1.165) is 24.1 Å². The quantitative estimate of drug-likeness (QED) is 0.289. The highest BCUT2D eigenvalue weighted by atomic mass is 35.5. The predicted octanol–water partition coefficient (Wildman–Crippen LogP) is 7.68. The number of hydrazine groups is 1. The van der Waals surface area contributed by atoms with Crippen LogP contribution < -0.4 is 10.4 Å². The van der Waals surface area contributed by atoms with Gasteiger partial charge in [-0.1, -0.05) is 57.6 Å². The molecule has 2 aromatic carbocycles. The summed E-state index contributed by atoms with van der Waals surface area (Å²) in [6.45, 7) is 6.01. The molecule has 37 heavy (non-hydrogen) atoms. The number of nitrogens with one attached hydrogen (secondary N) is 1. The summed E-state index contributed by atoms with van der Waals surface area (Å²) in [7, 11) is 0. The van der Waals surface area contributed by atoms with Crippen molar-refractivity contribution in [3.8, 4) is 0 Å². The van der Waals surface area contributed by atoms with E-state index in [-0.39, 0.29) is 37.1 Å². The minimum absolute atomic E-state index is 0.00113. The van der Waals surface area contributed by atoms with Gasteiger partial charge in [0.05, 0.1) is 31.5 Å². The fourth-order valence-corrected chi connectivity index (χ4v) is 4.18. The molecule has 1 aliphatic rings. The molecule has 0 radical (unpaired) electrons. The van der Waals surface area contributed by atoms with Crippen LogP contribution in [-0.2, 0) is 20.0 Å². The Kier molecular flexibility index (Phi) is 8.20. The second-order valence-electron chi connectivity index (χ2n) is 9.03. The van der Waals surface area contributed by atoms with Crippen molar-refractivity contribution in [2.24, 2.45) is 5.16 Å². The summed E-state index contributed by atoms with van der Waals surface area (Å²) in [5, 5.41) is 3.96. The van der Waals surface area contributed by atoms with Gasteiger partial charge in [-0.25, -0.2) is 4.79 Å². The molecule has 2 aromatic rings. The fourth-order valence-electron chi connectivity index (χ4n) is 3.38. The van der Waals surface area contributed by atoms with Crippen molar-refractivity contribution in [3.05, 3.63) is 61.5 Å². The van der Waals surface area contributed by atoms with E-state index in [4.69, 9.17) is 56.0 Å². The molecule has 0 fully saturated rings. The summed E-state index contributed by atoms with van der Waals surface area (Å²) in [4.78, 5) is 29.6. The van der Waals surface area contributed by atoms with Crippen LogP contribution in [-0.4, -0.2) is 29.5 Å². The normalized spacial score (nSPS) is 17.6. The van der Waals surface area contributed by atoms with Crippen LogP contribution in [0.1, 0.15) is 45.2 Å². The number of halogens is 7. The lowest BCUT2D eigenvalue weighted by molar-refractivity contribution is -0.275. The SMILES string of the molecule is CC(=O)NN(C(=O)OC(C)(C)C)c1cc(C2=NOC(c3cc(Cl)c(Cl)c(Cl)c3)(C(F)(F)F)C2)ccc1Cl. The molecule has 0 aliphatic carbocycles. The number of anilines is 1. The minimum Gasteiger partial charge on any atom is -0.442 e. The van der Waals surface area contributed by atoms with Gasteiger partial charge in [0.2, 0.25) is 5.91 Å². The summed E-state index contributed by atoms with van der Waals surface area (Å²) in [5.41, 5.74) is -1.98. The van der Waals surface area contributed by atoms with Gasteiger partial charge < -0.3 is 9.57 Å². The van der Waals surface area contributed by atoms with E-state index < -0.39 is 41.4 Å². The van der Waals surface area contributed by atoms with Crippen molar-refractivity contribution < 1.29 is 32.3 Å². The molecule has 1 unspecified atom stereocenters. The van der Waals surface area contributed by atoms with Crippen LogP contribution in [0.5, 0.6) is 0 Å². The number of hydrogen-bond donors (Lipinski definition) is 1. The van der Waals surface area contributed by atoms with Crippen LogP contribution in [0.4, 0.5) is 23.7 Å². The zero-order valence-electron chi connectivity index (χ0n) is 19.8. The van der Waals surface area contributed by atoms with Gasteiger partial charge in [-0.15, -0.1) is 0 Å². The van der Waals surface area contributed by atoms with Crippen LogP contribution >= 0.6 is 46.4 Å². The molecule has 2 amide bonds. The maximum Gasteiger partial charge on any atom is 0.435 e. The van der Waals surface area contributed by atoms with E-state index in [0.29, 0.717) is 0 Å². The molecule has 200 valence electrons. The first-order valence-corrected chi connectivity index (χ1v) is 12.0. The fraction of sp³-hybridized carbons (Fsp3) is 0.348. The Labute approximate surface area is 230 Å². The van der Waals surface area contributed by atoms with Crippen molar-refractivity contribution >= 4 is 69.8 Å². The smallest absolute Gasteiger partial charge is 0.435 e. The number of benzene rings is 2. The lowest BCUT2D eigenvalue weighted by Gasteiger charge is -2.30. The van der Waals surface area contributed by atoms with Crippen LogP contribution in [0.25, 0.3) is 0 Å². The number of carbonyl (C=O) groups excluding carboxylic acids is 2. The summed E-state index contributed by atoms with van der Waals surface area (Å²) < 4.78 is 48.5. The van der Waals surface area contributed by atoms with Crippen LogP contribution in [0.2, 0.25) is 20.1 Å². The van der Waals surface area contributed by atoms with Crippen molar-refractivity contribution in [2.75, 3.05) is 5.01 Å². The van der Waals surface area contributed by atoms with Gasteiger partial charge in [0.25, 0.3) is 5.60 Å². The molecule has 3 rings (SSSR count). The lowest BCUT2D eigenvalue weighted by atomic mass is 9.86. The minimum atomic E-state index is -4.94. The first kappa shape index (κ1) is 29.2. The number of ether oxygens (including phenoxy) is 1. The zero-order valence-corrected chi connectivity index (χ0v) is 22.8. The average Bonchev–Trinajstić information content (AvgIpc) is 3.21. The molecular weight excluding hydrogens is 581 g/mol. The standard InChI is InChI=1S/C23H20Cl4F3N3O4/c1-11(34)31-33(20(35)36-21(2,3)4)18-7-12(5-6-14(18)24)17-10-22(37-32-17,23(28,29)30)13-8-15(25)19(27)16(26)9-13/h5-9H,10H2,1-4H3,(H,31,34). The molecule has 1 atom stereocenters. The number of hydrogen-bond acceptors (Lipinski definition) is 5. The molecule has 14 heteroatoms. The summed E-state index contributed by atoms with van der Waals surface area (Å²) >= 11 is 24.1. The van der Waals surface area contributed by atoms with E-state index in [2.05, 4.69) is 10.6 Å². The number of nitrogens with zero attached hydrogens (tertiary/aromatic N) is 2. The molecular formula is C23H20Cl4F3N3O4. The van der Waals surface area contributed by atoms with Crippen molar-refractivity contribution in [3.63, 3.8) is 0 Å². The maximum absolute atomic E-state index is 14.4. The van der Waals surface area contributed by atoms with Crippen LogP contribution in [0.15, 0.2) is 35.5 Å². The van der Waals surface area contributed by atoms with Gasteiger partial charge in [-0.2, -0.15) is 18.2 Å². The number of carbonyl (C=O) groups is 2. The van der Waals surface area contributed by atoms with Gasteiger partial charge in [0.15, 0.2) is 0 Å². The maximum atomic E-state index is 14.4. The van der Waals surface area contributed by atoms with Gasteiger partial charge in [0.1, 0.15) is 5.60 Å². The van der Waals surface area contributed by atoms with E-state index in [1.165, 1.54) is 18.2 Å². The van der Waals surface area contributed by atoms with Crippen LogP contribution in [0.3, 0.4) is 0 Å². The Balaban J connectivity index is 2.04. The van der Waals surface area contributed by atoms with Gasteiger partial charge >= 0.3 is 12.3 Å². The van der Waals surface area contributed by atoms with E-state index in [1.807, 2.05) is 0 Å². The lowest BCUT2D eigenvalue weighted by Crippen LogP contribution is -2.48. The Morgan fingerprint density at radius 3 is 2.16 bits per heavy atom. The van der Waals surface area contributed by atoms with Crippen molar-refractivity contribution in [1.29, 1.82) is 0 Å². The molecule has 7 nitrogen and oxygen atoms in total. The van der Waals surface area contributed by atoms with E-state index >= 15 is 0 Å². The number of rotatable bonds is 3. The molecule has 1 aliphatic heterocycles. The van der Waals surface area contributed by atoms with E-state index in [1.54, 1.807) is 20.8 Å². The highest BCUT2D eigenvalue weighted by Crippen LogP contribution is 2.50.